The van der Waals surface area contributed by atoms with Crippen molar-refractivity contribution in [3.8, 4) is 0 Å². The van der Waals surface area contributed by atoms with Gasteiger partial charge in [0.1, 0.15) is 0 Å². The molecule has 0 saturated carbocycles. The van der Waals surface area contributed by atoms with Crippen LogP contribution in [0.15, 0.2) is 4.47 Å². The highest BCUT2D eigenvalue weighted by Crippen LogP contribution is 2.22. The van der Waals surface area contributed by atoms with Crippen molar-refractivity contribution < 1.29 is 5.11 Å². The largest absolute Gasteiger partial charge is 0.391 e. The Hall–Kier alpha value is -0.390. The number of nitrogens with zero attached hydrogens (tertiary/aromatic N) is 2. The van der Waals surface area contributed by atoms with Crippen molar-refractivity contribution in [1.82, 2.24) is 15.1 Å². The molecule has 0 aromatic carbocycles. The van der Waals surface area contributed by atoms with Crippen LogP contribution in [0.5, 0.6) is 0 Å². The minimum atomic E-state index is -0.375. The third kappa shape index (κ3) is 4.37. The summed E-state index contributed by atoms with van der Waals surface area (Å²) in [7, 11) is 1.92. The summed E-state index contributed by atoms with van der Waals surface area (Å²) in [6.07, 6.45) is 1.14. The molecule has 0 aliphatic carbocycles. The number of hydrogen-bond acceptors (Lipinski definition) is 3. The van der Waals surface area contributed by atoms with Crippen molar-refractivity contribution in [1.29, 1.82) is 0 Å². The van der Waals surface area contributed by atoms with Crippen LogP contribution < -0.4 is 5.32 Å². The number of nitrogens with one attached hydrogen (secondary N) is 1. The molecule has 0 amide bonds. The Morgan fingerprint density at radius 1 is 1.39 bits per heavy atom. The molecule has 104 valence electrons. The van der Waals surface area contributed by atoms with E-state index in [1.54, 1.807) is 0 Å². The molecular formula is C13H24BrN3O. The van der Waals surface area contributed by atoms with E-state index < -0.39 is 0 Å². The van der Waals surface area contributed by atoms with Crippen molar-refractivity contribution in [3.63, 3.8) is 0 Å². The molecule has 2 N–H and O–H groups in total. The van der Waals surface area contributed by atoms with Gasteiger partial charge in [-0.1, -0.05) is 20.8 Å². The average Bonchev–Trinajstić information content (AvgIpc) is 2.56. The van der Waals surface area contributed by atoms with Crippen molar-refractivity contribution in [3.05, 3.63) is 15.9 Å². The van der Waals surface area contributed by atoms with Crippen LogP contribution >= 0.6 is 15.9 Å². The van der Waals surface area contributed by atoms with Crippen molar-refractivity contribution >= 4 is 15.9 Å². The molecular weight excluding hydrogens is 294 g/mol. The molecule has 4 nitrogen and oxygen atoms in total. The SMILES string of the molecule is CCc1nn(C)c(CC(O)CNCC(C)C)c1Br. The molecule has 0 saturated heterocycles. The van der Waals surface area contributed by atoms with Crippen LogP contribution in [0.2, 0.25) is 0 Å². The predicted molar refractivity (Wildman–Crippen MR) is 77.7 cm³/mol. The zero-order chi connectivity index (χ0) is 13.7. The Bertz CT molecular complexity index is 377. The van der Waals surface area contributed by atoms with E-state index in [0.717, 1.165) is 28.8 Å². The van der Waals surface area contributed by atoms with Gasteiger partial charge in [0.2, 0.25) is 0 Å². The maximum absolute atomic E-state index is 10.0. The Balaban J connectivity index is 2.53. The third-order valence-corrected chi connectivity index (χ3v) is 3.78. The van der Waals surface area contributed by atoms with Gasteiger partial charge in [-0.05, 0) is 34.8 Å². The minimum Gasteiger partial charge on any atom is -0.391 e. The maximum Gasteiger partial charge on any atom is 0.0766 e. The van der Waals surface area contributed by atoms with Crippen LogP contribution in [0.3, 0.4) is 0 Å². The van der Waals surface area contributed by atoms with Crippen molar-refractivity contribution in [2.45, 2.75) is 39.7 Å². The van der Waals surface area contributed by atoms with E-state index in [0.29, 0.717) is 18.9 Å². The number of halogens is 1. The molecule has 5 heteroatoms. The fourth-order valence-electron chi connectivity index (χ4n) is 1.88. The zero-order valence-electron chi connectivity index (χ0n) is 11.7. The molecule has 0 fully saturated rings. The van der Waals surface area contributed by atoms with E-state index in [1.807, 2.05) is 11.7 Å². The first-order valence-corrected chi connectivity index (χ1v) is 7.34. The topological polar surface area (TPSA) is 50.1 Å². The van der Waals surface area contributed by atoms with Gasteiger partial charge < -0.3 is 10.4 Å². The van der Waals surface area contributed by atoms with Crippen LogP contribution in [-0.4, -0.2) is 34.1 Å². The highest BCUT2D eigenvalue weighted by molar-refractivity contribution is 9.10. The van der Waals surface area contributed by atoms with Crippen molar-refractivity contribution in [2.75, 3.05) is 13.1 Å². The molecule has 0 radical (unpaired) electrons. The van der Waals surface area contributed by atoms with Crippen molar-refractivity contribution in [2.24, 2.45) is 13.0 Å². The minimum absolute atomic E-state index is 0.375. The fourth-order valence-corrected chi connectivity index (χ4v) is 2.65. The average molecular weight is 318 g/mol. The first-order chi connectivity index (χ1) is 8.45. The molecule has 0 spiro atoms. The molecule has 1 atom stereocenters. The lowest BCUT2D eigenvalue weighted by Crippen LogP contribution is -2.31. The second kappa shape index (κ2) is 7.26. The summed E-state index contributed by atoms with van der Waals surface area (Å²) in [5.74, 6) is 0.604. The highest BCUT2D eigenvalue weighted by atomic mass is 79.9. The number of aromatic nitrogens is 2. The first-order valence-electron chi connectivity index (χ1n) is 6.54. The summed E-state index contributed by atoms with van der Waals surface area (Å²) >= 11 is 3.57. The van der Waals surface area contributed by atoms with Gasteiger partial charge in [-0.2, -0.15) is 5.10 Å². The smallest absolute Gasteiger partial charge is 0.0766 e. The van der Waals surface area contributed by atoms with E-state index in [-0.39, 0.29) is 6.10 Å². The van der Waals surface area contributed by atoms with E-state index in [9.17, 15) is 5.11 Å². The predicted octanol–water partition coefficient (Wildman–Crippen LogP) is 1.89. The summed E-state index contributed by atoms with van der Waals surface area (Å²) in [5, 5.41) is 17.7. The standard InChI is InChI=1S/C13H24BrN3O/c1-5-11-13(14)12(17(4)16-11)6-10(18)8-15-7-9(2)3/h9-10,15,18H,5-8H2,1-4H3. The Morgan fingerprint density at radius 2 is 2.06 bits per heavy atom. The molecule has 0 bridgehead atoms. The molecule has 1 unspecified atom stereocenters. The zero-order valence-corrected chi connectivity index (χ0v) is 13.3. The number of hydrogen-bond donors (Lipinski definition) is 2. The summed E-state index contributed by atoms with van der Waals surface area (Å²) in [6.45, 7) is 7.95. The van der Waals surface area contributed by atoms with Crippen LogP contribution in [0.4, 0.5) is 0 Å². The third-order valence-electron chi connectivity index (χ3n) is 2.86. The Kier molecular flexibility index (Phi) is 6.32. The second-order valence-corrected chi connectivity index (χ2v) is 5.89. The van der Waals surface area contributed by atoms with Gasteiger partial charge in [-0.3, -0.25) is 4.68 Å². The van der Waals surface area contributed by atoms with Gasteiger partial charge in [0.25, 0.3) is 0 Å². The monoisotopic (exact) mass is 317 g/mol. The number of aliphatic hydroxyl groups is 1. The van der Waals surface area contributed by atoms with Crippen LogP contribution in [0.1, 0.15) is 32.2 Å². The quantitative estimate of drug-likeness (QED) is 0.807. The van der Waals surface area contributed by atoms with E-state index in [2.05, 4.69) is 47.1 Å². The lowest BCUT2D eigenvalue weighted by atomic mass is 10.1. The van der Waals surface area contributed by atoms with E-state index >= 15 is 0 Å². The summed E-state index contributed by atoms with van der Waals surface area (Å²) < 4.78 is 2.89. The normalized spacial score (nSPS) is 13.3. The Morgan fingerprint density at radius 3 is 2.56 bits per heavy atom. The van der Waals surface area contributed by atoms with Crippen LogP contribution in [0.25, 0.3) is 0 Å². The van der Waals surface area contributed by atoms with E-state index in [4.69, 9.17) is 0 Å². The molecule has 1 aromatic rings. The molecule has 1 aromatic heterocycles. The van der Waals surface area contributed by atoms with Gasteiger partial charge in [0.15, 0.2) is 0 Å². The molecule has 18 heavy (non-hydrogen) atoms. The van der Waals surface area contributed by atoms with Gasteiger partial charge >= 0.3 is 0 Å². The lowest BCUT2D eigenvalue weighted by Gasteiger charge is -2.13. The van der Waals surface area contributed by atoms with E-state index in [1.165, 1.54) is 0 Å². The van der Waals surface area contributed by atoms with Gasteiger partial charge in [-0.25, -0.2) is 0 Å². The number of aliphatic hydroxyl groups excluding tert-OH is 1. The van der Waals surface area contributed by atoms with Gasteiger partial charge in [-0.15, -0.1) is 0 Å². The molecule has 1 heterocycles. The van der Waals surface area contributed by atoms with Gasteiger partial charge in [0.05, 0.1) is 22.0 Å². The summed E-state index contributed by atoms with van der Waals surface area (Å²) in [5.41, 5.74) is 2.11. The summed E-state index contributed by atoms with van der Waals surface area (Å²) in [4.78, 5) is 0. The first kappa shape index (κ1) is 15.7. The fraction of sp³-hybridized carbons (Fsp3) is 0.769. The highest BCUT2D eigenvalue weighted by Gasteiger charge is 2.16. The lowest BCUT2D eigenvalue weighted by molar-refractivity contribution is 0.168. The molecule has 0 aliphatic heterocycles. The summed E-state index contributed by atoms with van der Waals surface area (Å²) in [6, 6.07) is 0. The van der Waals surface area contributed by atoms with Crippen LogP contribution in [0, 0.1) is 5.92 Å². The molecule has 1 rings (SSSR count). The van der Waals surface area contributed by atoms with Crippen LogP contribution in [-0.2, 0) is 19.9 Å². The van der Waals surface area contributed by atoms with Gasteiger partial charge in [0, 0.05) is 20.0 Å². The number of aryl methyl sites for hydroxylation is 2. The maximum atomic E-state index is 10.0. The number of rotatable bonds is 7. The Labute approximate surface area is 118 Å². The second-order valence-electron chi connectivity index (χ2n) is 5.09. The molecule has 0 aliphatic rings.